The topological polar surface area (TPSA) is 98.3 Å². The van der Waals surface area contributed by atoms with Crippen molar-refractivity contribution in [1.29, 1.82) is 0 Å². The van der Waals surface area contributed by atoms with Crippen LogP contribution in [0.5, 0.6) is 5.75 Å². The number of ether oxygens (including phenoxy) is 2. The number of amides is 2. The van der Waals surface area contributed by atoms with Crippen LogP contribution < -0.4 is 15.4 Å². The summed E-state index contributed by atoms with van der Waals surface area (Å²) in [5.41, 5.74) is 1.24. The second kappa shape index (κ2) is 9.98. The number of benzene rings is 1. The fourth-order valence-corrected chi connectivity index (χ4v) is 2.55. The van der Waals surface area contributed by atoms with Gasteiger partial charge in [-0.25, -0.2) is 0 Å². The highest BCUT2D eigenvalue weighted by molar-refractivity contribution is 6.34. The molecule has 142 valence electrons. The Balaban J connectivity index is 1.79. The number of nitrogens with one attached hydrogen (secondary N) is 2. The maximum atomic E-state index is 12.2. The minimum atomic E-state index is -0.746. The number of hydrogen-bond donors (Lipinski definition) is 2. The van der Waals surface area contributed by atoms with Crippen LogP contribution >= 0.6 is 11.6 Å². The normalized spacial score (nSPS) is 15.8. The van der Waals surface area contributed by atoms with Gasteiger partial charge < -0.3 is 24.9 Å². The molecule has 0 saturated carbocycles. The van der Waals surface area contributed by atoms with Gasteiger partial charge in [-0.15, -0.1) is 0 Å². The van der Waals surface area contributed by atoms with Crippen molar-refractivity contribution in [2.24, 2.45) is 5.16 Å². The van der Waals surface area contributed by atoms with Crippen LogP contribution in [-0.2, 0) is 19.2 Å². The highest BCUT2D eigenvalue weighted by Gasteiger charge is 2.29. The molecule has 0 bridgehead atoms. The number of oxime groups is 1. The van der Waals surface area contributed by atoms with Crippen molar-refractivity contribution in [2.75, 3.05) is 33.9 Å². The molecule has 0 aliphatic carbocycles. The van der Waals surface area contributed by atoms with E-state index in [0.717, 1.165) is 0 Å². The van der Waals surface area contributed by atoms with Crippen LogP contribution in [0, 0.1) is 0 Å². The fraction of sp³-hybridized carbons (Fsp3) is 0.471. The van der Waals surface area contributed by atoms with Crippen LogP contribution in [0.1, 0.15) is 18.4 Å². The largest absolute Gasteiger partial charge is 0.497 e. The van der Waals surface area contributed by atoms with Crippen molar-refractivity contribution in [3.63, 3.8) is 0 Å². The maximum absolute atomic E-state index is 12.2. The highest BCUT2D eigenvalue weighted by atomic mass is 35.5. The molecule has 8 nitrogen and oxygen atoms in total. The molecule has 1 aromatic rings. The van der Waals surface area contributed by atoms with E-state index in [1.165, 1.54) is 0 Å². The summed E-state index contributed by atoms with van der Waals surface area (Å²) in [6.07, 6.45) is -0.278. The van der Waals surface area contributed by atoms with E-state index >= 15 is 0 Å². The number of nitrogens with zero attached hydrogens (tertiary/aromatic N) is 1. The van der Waals surface area contributed by atoms with Crippen LogP contribution in [0.2, 0.25) is 5.02 Å². The zero-order valence-corrected chi connectivity index (χ0v) is 15.5. The Hall–Kier alpha value is -2.32. The number of carbonyl (C=O) groups excluding carboxylic acids is 2. The Labute approximate surface area is 156 Å². The number of methoxy groups -OCH3 is 2. The molecule has 0 unspecified atom stereocenters. The fourth-order valence-electron chi connectivity index (χ4n) is 2.32. The van der Waals surface area contributed by atoms with Crippen molar-refractivity contribution in [2.45, 2.75) is 18.9 Å². The molecule has 0 saturated heterocycles. The summed E-state index contributed by atoms with van der Waals surface area (Å²) in [6, 6.07) is 5.19. The number of halogens is 1. The van der Waals surface area contributed by atoms with E-state index in [9.17, 15) is 9.59 Å². The minimum Gasteiger partial charge on any atom is -0.497 e. The Morgan fingerprint density at radius 1 is 1.31 bits per heavy atom. The van der Waals surface area contributed by atoms with Crippen LogP contribution in [0.4, 0.5) is 0 Å². The van der Waals surface area contributed by atoms with Gasteiger partial charge >= 0.3 is 0 Å². The summed E-state index contributed by atoms with van der Waals surface area (Å²) in [7, 11) is 3.12. The number of rotatable bonds is 9. The van der Waals surface area contributed by atoms with E-state index in [4.69, 9.17) is 25.9 Å². The molecular weight excluding hydrogens is 362 g/mol. The Morgan fingerprint density at radius 2 is 2.12 bits per heavy atom. The van der Waals surface area contributed by atoms with Gasteiger partial charge in [0.05, 0.1) is 24.5 Å². The summed E-state index contributed by atoms with van der Waals surface area (Å²) < 4.78 is 10.0. The maximum Gasteiger partial charge on any atom is 0.264 e. The second-order valence-electron chi connectivity index (χ2n) is 5.57. The molecule has 2 rings (SSSR count). The number of carbonyl (C=O) groups is 2. The second-order valence-corrected chi connectivity index (χ2v) is 5.97. The zero-order valence-electron chi connectivity index (χ0n) is 14.7. The summed E-state index contributed by atoms with van der Waals surface area (Å²) >= 11 is 6.19. The Kier molecular flexibility index (Phi) is 7.68. The molecule has 0 radical (unpaired) electrons. The van der Waals surface area contributed by atoms with Gasteiger partial charge in [0.1, 0.15) is 5.75 Å². The lowest BCUT2D eigenvalue weighted by atomic mass is 10.0. The molecule has 0 fully saturated rings. The third kappa shape index (κ3) is 5.60. The van der Waals surface area contributed by atoms with Gasteiger partial charge in [0.15, 0.2) is 0 Å². The van der Waals surface area contributed by atoms with E-state index in [0.29, 0.717) is 41.6 Å². The van der Waals surface area contributed by atoms with Gasteiger partial charge in [-0.1, -0.05) is 16.8 Å². The van der Waals surface area contributed by atoms with E-state index < -0.39 is 6.10 Å². The molecule has 1 atom stereocenters. The van der Waals surface area contributed by atoms with Gasteiger partial charge in [0.2, 0.25) is 12.0 Å². The molecule has 2 amide bonds. The first-order valence-corrected chi connectivity index (χ1v) is 8.53. The first-order chi connectivity index (χ1) is 12.5. The van der Waals surface area contributed by atoms with E-state index in [-0.39, 0.29) is 24.8 Å². The highest BCUT2D eigenvalue weighted by Crippen LogP contribution is 2.26. The quantitative estimate of drug-likeness (QED) is 0.622. The molecule has 1 aliphatic rings. The third-order valence-corrected chi connectivity index (χ3v) is 4.05. The molecule has 1 heterocycles. The number of hydrogen-bond acceptors (Lipinski definition) is 6. The molecule has 0 aromatic heterocycles. The first kappa shape index (κ1) is 20.0. The lowest BCUT2D eigenvalue weighted by Gasteiger charge is -2.10. The third-order valence-electron chi connectivity index (χ3n) is 3.73. The zero-order chi connectivity index (χ0) is 18.9. The van der Waals surface area contributed by atoms with Crippen LogP contribution in [0.3, 0.4) is 0 Å². The lowest BCUT2D eigenvalue weighted by Crippen LogP contribution is -2.37. The van der Waals surface area contributed by atoms with Crippen molar-refractivity contribution < 1.29 is 23.9 Å². The Morgan fingerprint density at radius 3 is 2.85 bits per heavy atom. The van der Waals surface area contributed by atoms with Crippen molar-refractivity contribution in [3.05, 3.63) is 28.8 Å². The van der Waals surface area contributed by atoms with Crippen molar-refractivity contribution >= 4 is 29.1 Å². The SMILES string of the molecule is COCCNC(=O)CCNC(=O)[C@@H]1CC(c2cc(OC)ccc2Cl)=NO1. The smallest absolute Gasteiger partial charge is 0.264 e. The monoisotopic (exact) mass is 383 g/mol. The standard InChI is InChI=1S/C17H22ClN3O5/c1-24-8-7-19-16(22)5-6-20-17(23)15-10-14(21-26-15)12-9-11(25-2)3-4-13(12)18/h3-4,9,15H,5-8,10H2,1-2H3,(H,19,22)(H,20,23)/t15-/m0/s1. The van der Waals surface area contributed by atoms with E-state index in [1.807, 2.05) is 0 Å². The van der Waals surface area contributed by atoms with Gasteiger partial charge in [-0.05, 0) is 18.2 Å². The molecule has 0 spiro atoms. The van der Waals surface area contributed by atoms with Crippen LogP contribution in [-0.4, -0.2) is 57.5 Å². The average Bonchev–Trinajstić information content (AvgIpc) is 3.12. The minimum absolute atomic E-state index is 0.158. The summed E-state index contributed by atoms with van der Waals surface area (Å²) in [6.45, 7) is 1.10. The molecule has 9 heteroatoms. The molecule has 1 aliphatic heterocycles. The van der Waals surface area contributed by atoms with Gasteiger partial charge in [-0.2, -0.15) is 0 Å². The summed E-state index contributed by atoms with van der Waals surface area (Å²) in [5, 5.41) is 9.81. The van der Waals surface area contributed by atoms with Crippen LogP contribution in [0.15, 0.2) is 23.4 Å². The van der Waals surface area contributed by atoms with E-state index in [2.05, 4.69) is 15.8 Å². The summed E-state index contributed by atoms with van der Waals surface area (Å²) in [4.78, 5) is 28.9. The van der Waals surface area contributed by atoms with Gasteiger partial charge in [0, 0.05) is 38.6 Å². The molecule has 26 heavy (non-hydrogen) atoms. The predicted octanol–water partition coefficient (Wildman–Crippen LogP) is 1.11. The molecule has 1 aromatic carbocycles. The van der Waals surface area contributed by atoms with Crippen molar-refractivity contribution in [1.82, 2.24) is 10.6 Å². The predicted molar refractivity (Wildman–Crippen MR) is 96.5 cm³/mol. The Bertz CT molecular complexity index is 680. The molecule has 2 N–H and O–H groups in total. The van der Waals surface area contributed by atoms with Crippen LogP contribution in [0.25, 0.3) is 0 Å². The lowest BCUT2D eigenvalue weighted by molar-refractivity contribution is -0.131. The van der Waals surface area contributed by atoms with Gasteiger partial charge in [0.25, 0.3) is 5.91 Å². The summed E-state index contributed by atoms with van der Waals surface area (Å²) in [5.74, 6) is 0.154. The van der Waals surface area contributed by atoms with Crippen molar-refractivity contribution in [3.8, 4) is 5.75 Å². The van der Waals surface area contributed by atoms with E-state index in [1.54, 1.807) is 32.4 Å². The van der Waals surface area contributed by atoms with Gasteiger partial charge in [-0.3, -0.25) is 9.59 Å². The first-order valence-electron chi connectivity index (χ1n) is 8.15. The molecular formula is C17H22ClN3O5. The average molecular weight is 384 g/mol.